The summed E-state index contributed by atoms with van der Waals surface area (Å²) in [5.74, 6) is 6.68. The second kappa shape index (κ2) is 11.2. The van der Waals surface area contributed by atoms with Crippen molar-refractivity contribution >= 4 is 0 Å². The lowest BCUT2D eigenvalue weighted by Crippen LogP contribution is -2.17. The molecule has 2 fully saturated rings. The number of unbranched alkanes of at least 4 members (excludes halogenated alkanes) is 4. The first-order chi connectivity index (χ1) is 11.3. The molecule has 0 atom stereocenters. The highest BCUT2D eigenvalue weighted by Gasteiger charge is 2.24. The Balaban J connectivity index is 1.49. The van der Waals surface area contributed by atoms with E-state index in [2.05, 4.69) is 12.8 Å². The molecule has 0 spiro atoms. The van der Waals surface area contributed by atoms with Crippen molar-refractivity contribution in [1.29, 1.82) is 0 Å². The Morgan fingerprint density at radius 3 is 1.65 bits per heavy atom. The van der Waals surface area contributed by atoms with Gasteiger partial charge in [-0.2, -0.15) is 0 Å². The lowest BCUT2D eigenvalue weighted by atomic mass is 9.75. The minimum Gasteiger partial charge on any atom is -0.120 e. The van der Waals surface area contributed by atoms with Crippen LogP contribution in [-0.4, -0.2) is 0 Å². The SMILES string of the molecule is C#C[C@H]1CC[C@H](CC[C@H]2CC[C@H](CCCCCCC)CC2)CC1. The van der Waals surface area contributed by atoms with Crippen molar-refractivity contribution in [2.45, 2.75) is 110 Å². The molecule has 2 aliphatic rings. The summed E-state index contributed by atoms with van der Waals surface area (Å²) in [6, 6.07) is 0. The standard InChI is InChI=1S/C23H40/c1-3-5-6-7-8-9-21-14-16-23(17-15-21)19-18-22-12-10-20(4-2)11-13-22/h2,20-23H,3,5-19H2,1H3/t20-,21-,22-,23-. The summed E-state index contributed by atoms with van der Waals surface area (Å²) in [6.07, 6.45) is 28.8. The van der Waals surface area contributed by atoms with Gasteiger partial charge in [0.25, 0.3) is 0 Å². The van der Waals surface area contributed by atoms with E-state index >= 15 is 0 Å². The van der Waals surface area contributed by atoms with Gasteiger partial charge in [0.15, 0.2) is 0 Å². The fourth-order valence-electron chi connectivity index (χ4n) is 4.93. The van der Waals surface area contributed by atoms with Crippen LogP contribution >= 0.6 is 0 Å². The molecule has 0 aromatic rings. The second-order valence-corrected chi connectivity index (χ2v) is 8.55. The van der Waals surface area contributed by atoms with E-state index in [0.717, 1.165) is 17.8 Å². The largest absolute Gasteiger partial charge is 0.120 e. The summed E-state index contributed by atoms with van der Waals surface area (Å²) >= 11 is 0. The topological polar surface area (TPSA) is 0 Å². The minimum atomic E-state index is 0.596. The second-order valence-electron chi connectivity index (χ2n) is 8.55. The monoisotopic (exact) mass is 316 g/mol. The third kappa shape index (κ3) is 7.32. The van der Waals surface area contributed by atoms with Crippen LogP contribution in [0.1, 0.15) is 110 Å². The summed E-state index contributed by atoms with van der Waals surface area (Å²) in [4.78, 5) is 0. The van der Waals surface area contributed by atoms with Crippen LogP contribution in [0.2, 0.25) is 0 Å². The van der Waals surface area contributed by atoms with Gasteiger partial charge >= 0.3 is 0 Å². The highest BCUT2D eigenvalue weighted by atomic mass is 14.3. The Morgan fingerprint density at radius 2 is 1.13 bits per heavy atom. The van der Waals surface area contributed by atoms with Crippen LogP contribution in [0.4, 0.5) is 0 Å². The summed E-state index contributed by atoms with van der Waals surface area (Å²) in [5, 5.41) is 0. The van der Waals surface area contributed by atoms with Crippen LogP contribution < -0.4 is 0 Å². The normalized spacial score (nSPS) is 31.7. The van der Waals surface area contributed by atoms with Gasteiger partial charge in [-0.3, -0.25) is 0 Å². The zero-order valence-corrected chi connectivity index (χ0v) is 15.7. The Labute approximate surface area is 146 Å². The zero-order chi connectivity index (χ0) is 16.3. The predicted molar refractivity (Wildman–Crippen MR) is 102 cm³/mol. The van der Waals surface area contributed by atoms with Gasteiger partial charge in [0.05, 0.1) is 0 Å². The fourth-order valence-corrected chi connectivity index (χ4v) is 4.93. The smallest absolute Gasteiger partial charge is 0.0200 e. The highest BCUT2D eigenvalue weighted by Crippen LogP contribution is 2.37. The van der Waals surface area contributed by atoms with Crippen molar-refractivity contribution in [3.05, 3.63) is 0 Å². The minimum absolute atomic E-state index is 0.596. The number of hydrogen-bond donors (Lipinski definition) is 0. The molecule has 0 aromatic carbocycles. The van der Waals surface area contributed by atoms with Crippen LogP contribution in [0.15, 0.2) is 0 Å². The molecule has 0 unspecified atom stereocenters. The molecule has 0 nitrogen and oxygen atoms in total. The van der Waals surface area contributed by atoms with Gasteiger partial charge in [-0.05, 0) is 43.4 Å². The van der Waals surface area contributed by atoms with Crippen molar-refractivity contribution in [3.63, 3.8) is 0 Å². The Bertz CT molecular complexity index is 320. The third-order valence-electron chi connectivity index (χ3n) is 6.75. The molecule has 2 rings (SSSR count). The maximum atomic E-state index is 5.56. The lowest BCUT2D eigenvalue weighted by molar-refractivity contribution is 0.220. The van der Waals surface area contributed by atoms with Gasteiger partial charge in [0, 0.05) is 5.92 Å². The van der Waals surface area contributed by atoms with E-state index in [1.54, 1.807) is 0 Å². The van der Waals surface area contributed by atoms with Crippen LogP contribution in [0.5, 0.6) is 0 Å². The Morgan fingerprint density at radius 1 is 0.652 bits per heavy atom. The maximum Gasteiger partial charge on any atom is 0.0200 e. The van der Waals surface area contributed by atoms with Crippen LogP contribution in [0, 0.1) is 36.0 Å². The number of hydrogen-bond acceptors (Lipinski definition) is 0. The zero-order valence-electron chi connectivity index (χ0n) is 15.7. The third-order valence-corrected chi connectivity index (χ3v) is 6.75. The molecular weight excluding hydrogens is 276 g/mol. The first kappa shape index (κ1) is 18.9. The van der Waals surface area contributed by atoms with E-state index in [1.807, 2.05) is 0 Å². The molecule has 0 bridgehead atoms. The van der Waals surface area contributed by atoms with E-state index < -0.39 is 0 Å². The Kier molecular flexibility index (Phi) is 9.18. The van der Waals surface area contributed by atoms with Crippen molar-refractivity contribution < 1.29 is 0 Å². The van der Waals surface area contributed by atoms with Gasteiger partial charge in [0.2, 0.25) is 0 Å². The maximum absolute atomic E-state index is 5.56. The van der Waals surface area contributed by atoms with Crippen molar-refractivity contribution in [1.82, 2.24) is 0 Å². The molecule has 0 radical (unpaired) electrons. The molecule has 0 aromatic heterocycles. The van der Waals surface area contributed by atoms with Gasteiger partial charge in [0.1, 0.15) is 0 Å². The van der Waals surface area contributed by atoms with Gasteiger partial charge < -0.3 is 0 Å². The van der Waals surface area contributed by atoms with E-state index in [-0.39, 0.29) is 0 Å². The molecular formula is C23H40. The summed E-state index contributed by atoms with van der Waals surface area (Å²) in [6.45, 7) is 2.31. The average Bonchev–Trinajstić information content (AvgIpc) is 2.61. The average molecular weight is 317 g/mol. The van der Waals surface area contributed by atoms with E-state index in [9.17, 15) is 0 Å². The molecule has 0 aliphatic heterocycles. The number of rotatable bonds is 9. The first-order valence-electron chi connectivity index (χ1n) is 10.8. The molecule has 0 heterocycles. The molecule has 132 valence electrons. The predicted octanol–water partition coefficient (Wildman–Crippen LogP) is 7.37. The summed E-state index contributed by atoms with van der Waals surface area (Å²) < 4.78 is 0. The van der Waals surface area contributed by atoms with E-state index in [1.165, 1.54) is 103 Å². The first-order valence-corrected chi connectivity index (χ1v) is 10.8. The summed E-state index contributed by atoms with van der Waals surface area (Å²) in [7, 11) is 0. The molecule has 0 amide bonds. The van der Waals surface area contributed by atoms with Gasteiger partial charge in [-0.1, -0.05) is 84.0 Å². The molecule has 0 saturated heterocycles. The van der Waals surface area contributed by atoms with E-state index in [0.29, 0.717) is 5.92 Å². The van der Waals surface area contributed by atoms with Gasteiger partial charge in [-0.15, -0.1) is 12.3 Å². The van der Waals surface area contributed by atoms with Gasteiger partial charge in [-0.25, -0.2) is 0 Å². The molecule has 2 saturated carbocycles. The number of terminal acetylenes is 1. The Hall–Kier alpha value is -0.440. The van der Waals surface area contributed by atoms with Crippen LogP contribution in [-0.2, 0) is 0 Å². The fraction of sp³-hybridized carbons (Fsp3) is 0.913. The molecule has 23 heavy (non-hydrogen) atoms. The molecule has 0 N–H and O–H groups in total. The molecule has 0 heteroatoms. The van der Waals surface area contributed by atoms with Crippen molar-refractivity contribution in [2.24, 2.45) is 23.7 Å². The lowest BCUT2D eigenvalue weighted by Gasteiger charge is -2.31. The quantitative estimate of drug-likeness (QED) is 0.307. The summed E-state index contributed by atoms with van der Waals surface area (Å²) in [5.41, 5.74) is 0. The molecule has 2 aliphatic carbocycles. The van der Waals surface area contributed by atoms with E-state index in [4.69, 9.17) is 6.42 Å². The van der Waals surface area contributed by atoms with Crippen LogP contribution in [0.25, 0.3) is 0 Å². The van der Waals surface area contributed by atoms with Crippen molar-refractivity contribution in [3.8, 4) is 12.3 Å². The van der Waals surface area contributed by atoms with Crippen molar-refractivity contribution in [2.75, 3.05) is 0 Å². The highest BCUT2D eigenvalue weighted by molar-refractivity contribution is 4.95. The van der Waals surface area contributed by atoms with Crippen LogP contribution in [0.3, 0.4) is 0 Å².